The van der Waals surface area contributed by atoms with Crippen LogP contribution in [0.25, 0.3) is 11.1 Å². The average Bonchev–Trinajstić information content (AvgIpc) is 2.90. The van der Waals surface area contributed by atoms with Crippen molar-refractivity contribution in [2.45, 2.75) is 3.79 Å². The van der Waals surface area contributed by atoms with Crippen molar-refractivity contribution in [1.29, 1.82) is 5.41 Å². The number of carboxylic acid groups (broad SMARTS) is 1. The van der Waals surface area contributed by atoms with E-state index in [1.54, 1.807) is 24.3 Å². The summed E-state index contributed by atoms with van der Waals surface area (Å²) in [5, 5.41) is 22.4. The monoisotopic (exact) mass is 659 g/mol. The van der Waals surface area contributed by atoms with Gasteiger partial charge in [0.1, 0.15) is 11.5 Å². The first-order valence-corrected chi connectivity index (χ1v) is 14.3. The molecule has 3 rings (SSSR count). The molecule has 0 saturated carbocycles. The number of methoxy groups -OCH3 is 1. The summed E-state index contributed by atoms with van der Waals surface area (Å²) in [6, 6.07) is 13.1. The minimum Gasteiger partial charge on any atom is -0.481 e. The molecule has 2 amide bonds. The van der Waals surface area contributed by atoms with E-state index in [-0.39, 0.29) is 46.2 Å². The summed E-state index contributed by atoms with van der Waals surface area (Å²) in [5.74, 6) is -2.64. The van der Waals surface area contributed by atoms with Crippen LogP contribution in [0.3, 0.4) is 0 Å². The first-order valence-electron chi connectivity index (χ1n) is 11.4. The van der Waals surface area contributed by atoms with Crippen LogP contribution >= 0.6 is 34.8 Å². The Morgan fingerprint density at radius 1 is 1.00 bits per heavy atom. The molecule has 1 aromatic heterocycles. The highest BCUT2D eigenvalue weighted by molar-refractivity contribution is 7.85. The van der Waals surface area contributed by atoms with Crippen molar-refractivity contribution in [3.63, 3.8) is 0 Å². The predicted molar refractivity (Wildman–Crippen MR) is 159 cm³/mol. The Bertz CT molecular complexity index is 1600. The number of amidine groups is 1. The minimum atomic E-state index is -3.67. The number of nitrogens with one attached hydrogen (secondary N) is 3. The molecule has 17 heteroatoms. The van der Waals surface area contributed by atoms with Gasteiger partial charge in [0.15, 0.2) is 0 Å². The molecule has 0 saturated heterocycles. The number of benzene rings is 2. The van der Waals surface area contributed by atoms with Gasteiger partial charge in [-0.25, -0.2) is 9.78 Å². The van der Waals surface area contributed by atoms with Crippen molar-refractivity contribution in [1.82, 2.24) is 10.3 Å². The number of anilines is 1. The number of rotatable bonds is 8. The summed E-state index contributed by atoms with van der Waals surface area (Å²) in [6.07, 6.45) is 0.715. The van der Waals surface area contributed by atoms with Crippen LogP contribution in [-0.4, -0.2) is 70.4 Å². The molecule has 0 bridgehead atoms. The molecular weight excluding hydrogens is 637 g/mol. The number of carboxylic acids is 1. The molecule has 0 fully saturated rings. The van der Waals surface area contributed by atoms with Crippen molar-refractivity contribution in [3.8, 4) is 17.0 Å². The maximum atomic E-state index is 13.2. The number of aromatic carboxylic acids is 1. The van der Waals surface area contributed by atoms with E-state index >= 15 is 0 Å². The van der Waals surface area contributed by atoms with Gasteiger partial charge >= 0.3 is 5.97 Å². The second kappa shape index (κ2) is 14.3. The quantitative estimate of drug-likeness (QED) is 0.0891. The number of nitrogen functional groups attached to an aromatic ring is 1. The minimum absolute atomic E-state index is 0.00781. The number of alkyl halides is 3. The number of nitrogens with two attached hydrogens (primary N) is 1. The second-order valence-corrected chi connectivity index (χ2v) is 12.3. The van der Waals surface area contributed by atoms with Crippen LogP contribution in [0.2, 0.25) is 0 Å². The van der Waals surface area contributed by atoms with Gasteiger partial charge in [0.05, 0.1) is 25.5 Å². The van der Waals surface area contributed by atoms with Crippen molar-refractivity contribution in [2.24, 2.45) is 5.73 Å². The van der Waals surface area contributed by atoms with Crippen molar-refractivity contribution in [2.75, 3.05) is 25.2 Å². The van der Waals surface area contributed by atoms with Gasteiger partial charge in [0.2, 0.25) is 9.67 Å². The van der Waals surface area contributed by atoms with Crippen molar-refractivity contribution >= 4 is 74.2 Å². The highest BCUT2D eigenvalue weighted by Crippen LogP contribution is 2.30. The highest BCUT2D eigenvalue weighted by Gasteiger charge is 2.24. The number of halogens is 3. The molecule has 0 spiro atoms. The van der Waals surface area contributed by atoms with Gasteiger partial charge in [-0.05, 0) is 48.0 Å². The molecule has 0 aliphatic heterocycles. The van der Waals surface area contributed by atoms with E-state index in [4.69, 9.17) is 55.2 Å². The zero-order valence-corrected chi connectivity index (χ0v) is 24.9. The second-order valence-electron chi connectivity index (χ2n) is 8.29. The molecular formula is C25H24Cl3N5O8S. The van der Waals surface area contributed by atoms with E-state index in [0.29, 0.717) is 17.5 Å². The van der Waals surface area contributed by atoms with Crippen molar-refractivity contribution in [3.05, 3.63) is 77.0 Å². The molecule has 3 aromatic rings. The summed E-state index contributed by atoms with van der Waals surface area (Å²) in [7, 11) is -2.29. The van der Waals surface area contributed by atoms with Gasteiger partial charge in [-0.15, -0.1) is 0 Å². The number of ether oxygens (including phenoxy) is 1. The average molecular weight is 661 g/mol. The van der Waals surface area contributed by atoms with E-state index in [1.807, 2.05) is 0 Å². The topological polar surface area (TPSA) is 222 Å². The van der Waals surface area contributed by atoms with Gasteiger partial charge < -0.3 is 26.2 Å². The zero-order chi connectivity index (χ0) is 31.8. The van der Waals surface area contributed by atoms with Crippen LogP contribution in [0.15, 0.2) is 54.6 Å². The lowest BCUT2D eigenvalue weighted by molar-refractivity contribution is 0.0697. The van der Waals surface area contributed by atoms with Crippen LogP contribution in [0.1, 0.15) is 36.8 Å². The predicted octanol–water partition coefficient (Wildman–Crippen LogP) is 3.60. The van der Waals surface area contributed by atoms with Crippen LogP contribution in [0.5, 0.6) is 5.88 Å². The Morgan fingerprint density at radius 3 is 2.05 bits per heavy atom. The molecule has 2 aromatic carbocycles. The van der Waals surface area contributed by atoms with Gasteiger partial charge in [-0.1, -0.05) is 40.9 Å². The molecule has 224 valence electrons. The van der Waals surface area contributed by atoms with Crippen LogP contribution < -0.4 is 21.1 Å². The number of aromatic nitrogens is 1. The zero-order valence-electron chi connectivity index (χ0n) is 21.8. The molecule has 7 N–H and O–H groups in total. The van der Waals surface area contributed by atoms with Gasteiger partial charge in [-0.2, -0.15) is 8.42 Å². The third-order valence-corrected chi connectivity index (χ3v) is 5.40. The lowest BCUT2D eigenvalue weighted by Crippen LogP contribution is -2.32. The number of carbonyl (C=O) groups is 3. The molecule has 0 unspecified atom stereocenters. The number of carbonyl (C=O) groups excluding carboxylic acids is 2. The Morgan fingerprint density at radius 2 is 1.55 bits per heavy atom. The number of hydrogen-bond acceptors (Lipinski definition) is 8. The Labute approximate surface area is 255 Å². The fourth-order valence-electron chi connectivity index (χ4n) is 3.25. The molecule has 42 heavy (non-hydrogen) atoms. The largest absolute Gasteiger partial charge is 0.481 e. The van der Waals surface area contributed by atoms with E-state index in [0.717, 1.165) is 6.07 Å². The van der Waals surface area contributed by atoms with Crippen LogP contribution in [-0.2, 0) is 10.1 Å². The molecule has 0 aliphatic rings. The third kappa shape index (κ3) is 10.8. The summed E-state index contributed by atoms with van der Waals surface area (Å²) < 4.78 is 29.3. The maximum absolute atomic E-state index is 13.2. The van der Waals surface area contributed by atoms with E-state index in [2.05, 4.69) is 15.6 Å². The third-order valence-electron chi connectivity index (χ3n) is 5.00. The Hall–Kier alpha value is -3.95. The fraction of sp³-hybridized carbons (Fsp3) is 0.160. The normalized spacial score (nSPS) is 11.0. The van der Waals surface area contributed by atoms with Crippen LogP contribution in [0, 0.1) is 5.41 Å². The van der Waals surface area contributed by atoms with E-state index in [1.165, 1.54) is 31.4 Å². The van der Waals surface area contributed by atoms with Gasteiger partial charge in [-0.3, -0.25) is 19.6 Å². The lowest BCUT2D eigenvalue weighted by Gasteiger charge is -2.15. The summed E-state index contributed by atoms with van der Waals surface area (Å²) in [6.45, 7) is -0.291. The number of pyridine rings is 1. The number of hydrogen-bond donors (Lipinski definition) is 6. The first-order chi connectivity index (χ1) is 19.4. The molecule has 1 heterocycles. The van der Waals surface area contributed by atoms with E-state index < -0.39 is 31.7 Å². The summed E-state index contributed by atoms with van der Waals surface area (Å²) in [5.41, 5.74) is 6.28. The SMILES string of the molecule is COc1ccc(-c2ccc(C(=O)NCC(Cl)(Cl)Cl)cc2C(=O)O)c(C(=O)Nc2ccc(C(=N)N)cc2)n1.CS(=O)(=O)O. The molecule has 13 nitrogen and oxygen atoms in total. The van der Waals surface area contributed by atoms with Gasteiger partial charge in [0.25, 0.3) is 21.9 Å². The highest BCUT2D eigenvalue weighted by atomic mass is 35.6. The number of amides is 2. The molecule has 0 atom stereocenters. The maximum Gasteiger partial charge on any atom is 0.336 e. The molecule has 0 aliphatic carbocycles. The standard InChI is InChI=1S/C24H20Cl3N5O5.CH4O3S/c1-37-18-9-8-16(19(32-18)22(34)31-14-5-2-12(3-6-14)20(28)29)15-7-4-13(10-17(15)23(35)36)21(33)30-11-24(25,26)27;1-5(2,3)4/h2-10H,11H2,1H3,(H3,28,29)(H,30,33)(H,31,34)(H,35,36);1H3,(H,2,3,4). The summed E-state index contributed by atoms with van der Waals surface area (Å²) >= 11 is 17.0. The van der Waals surface area contributed by atoms with Gasteiger partial charge in [0, 0.05) is 28.4 Å². The van der Waals surface area contributed by atoms with Crippen molar-refractivity contribution < 1.29 is 37.2 Å². The van der Waals surface area contributed by atoms with Crippen LogP contribution in [0.4, 0.5) is 5.69 Å². The fourth-order valence-corrected chi connectivity index (χ4v) is 3.45. The smallest absolute Gasteiger partial charge is 0.336 e. The Kier molecular flexibility index (Phi) is 11.7. The Balaban J connectivity index is 0.00000113. The molecule has 0 radical (unpaired) electrons. The first kappa shape index (κ1) is 34.3. The number of nitrogens with zero attached hydrogens (tertiary/aromatic N) is 1. The summed E-state index contributed by atoms with van der Waals surface area (Å²) in [4.78, 5) is 42.0. The lowest BCUT2D eigenvalue weighted by atomic mass is 9.95. The van der Waals surface area contributed by atoms with E-state index in [9.17, 15) is 27.9 Å².